The van der Waals surface area contributed by atoms with E-state index in [1.807, 2.05) is 0 Å². The Kier molecular flexibility index (Phi) is 3.72. The molecule has 0 unspecified atom stereocenters. The van der Waals surface area contributed by atoms with Crippen molar-refractivity contribution in [1.82, 2.24) is 5.32 Å². The van der Waals surface area contributed by atoms with E-state index < -0.39 is 5.66 Å². The first kappa shape index (κ1) is 16.9. The summed E-state index contributed by atoms with van der Waals surface area (Å²) in [6, 6.07) is 15.0. The fraction of sp³-hybridized carbons (Fsp3) is 0.348. The van der Waals surface area contributed by atoms with Crippen LogP contribution in [0.25, 0.3) is 6.08 Å². The third-order valence-corrected chi connectivity index (χ3v) is 6.08. The second kappa shape index (κ2) is 5.73. The normalized spacial score (nSPS) is 23.7. The van der Waals surface area contributed by atoms with Gasteiger partial charge in [-0.05, 0) is 42.7 Å². The molecule has 2 aromatic rings. The van der Waals surface area contributed by atoms with E-state index in [2.05, 4.69) is 92.5 Å². The predicted octanol–water partition coefficient (Wildman–Crippen LogP) is 4.33. The van der Waals surface area contributed by atoms with Gasteiger partial charge in [-0.1, -0.05) is 61.9 Å². The molecule has 2 aromatic carbocycles. The number of carbonyl (C=O) groups is 1. The van der Waals surface area contributed by atoms with Crippen LogP contribution >= 0.6 is 0 Å². The number of hydrogen-bond donors (Lipinski definition) is 1. The molecule has 2 aliphatic heterocycles. The lowest BCUT2D eigenvalue weighted by Gasteiger charge is -2.49. The molecule has 0 spiro atoms. The summed E-state index contributed by atoms with van der Waals surface area (Å²) in [7, 11) is 0. The Labute approximate surface area is 155 Å². The lowest BCUT2D eigenvalue weighted by Crippen LogP contribution is -2.68. The van der Waals surface area contributed by atoms with Gasteiger partial charge in [0.25, 0.3) is 0 Å². The highest BCUT2D eigenvalue weighted by atomic mass is 16.2. The fourth-order valence-electron chi connectivity index (χ4n) is 4.45. The maximum absolute atomic E-state index is 12.4. The quantitative estimate of drug-likeness (QED) is 0.878. The van der Waals surface area contributed by atoms with Crippen molar-refractivity contribution in [3.8, 4) is 0 Å². The number of benzene rings is 2. The molecule has 1 N–H and O–H groups in total. The summed E-state index contributed by atoms with van der Waals surface area (Å²) < 4.78 is 0. The Morgan fingerprint density at radius 3 is 2.65 bits per heavy atom. The number of aryl methyl sites for hydroxylation is 2. The Balaban J connectivity index is 1.88. The minimum atomic E-state index is -0.541. The molecule has 1 fully saturated rings. The highest BCUT2D eigenvalue weighted by Gasteiger charge is 2.57. The number of carbonyl (C=O) groups excluding carboxylic acids is 1. The Bertz CT molecular complexity index is 912. The Morgan fingerprint density at radius 1 is 1.12 bits per heavy atom. The molecule has 2 heterocycles. The highest BCUT2D eigenvalue weighted by molar-refractivity contribution is 5.84. The van der Waals surface area contributed by atoms with E-state index in [9.17, 15) is 4.79 Å². The summed E-state index contributed by atoms with van der Waals surface area (Å²) in [6.45, 7) is 9.45. The van der Waals surface area contributed by atoms with Crippen LogP contribution in [0.4, 0.5) is 5.69 Å². The van der Waals surface area contributed by atoms with Gasteiger partial charge >= 0.3 is 0 Å². The monoisotopic (exact) mass is 346 g/mol. The van der Waals surface area contributed by atoms with E-state index >= 15 is 0 Å². The van der Waals surface area contributed by atoms with Crippen molar-refractivity contribution in [2.24, 2.45) is 0 Å². The van der Waals surface area contributed by atoms with Gasteiger partial charge in [-0.3, -0.25) is 4.79 Å². The zero-order valence-corrected chi connectivity index (χ0v) is 16.0. The van der Waals surface area contributed by atoms with E-state index in [1.54, 1.807) is 0 Å². The second-order valence-corrected chi connectivity index (χ2v) is 8.05. The molecule has 4 rings (SSSR count). The zero-order valence-electron chi connectivity index (χ0n) is 16.0. The summed E-state index contributed by atoms with van der Waals surface area (Å²) in [5.74, 6) is 0.119. The van der Waals surface area contributed by atoms with Crippen molar-refractivity contribution in [1.29, 1.82) is 0 Å². The van der Waals surface area contributed by atoms with Gasteiger partial charge < -0.3 is 10.2 Å². The van der Waals surface area contributed by atoms with Gasteiger partial charge in [0.1, 0.15) is 5.66 Å². The van der Waals surface area contributed by atoms with E-state index in [0.717, 1.165) is 6.54 Å². The molecule has 1 saturated heterocycles. The van der Waals surface area contributed by atoms with Crippen LogP contribution in [0.3, 0.4) is 0 Å². The molecule has 3 heteroatoms. The van der Waals surface area contributed by atoms with Gasteiger partial charge in [-0.2, -0.15) is 0 Å². The molecule has 2 aliphatic rings. The van der Waals surface area contributed by atoms with Crippen molar-refractivity contribution in [2.75, 3.05) is 11.4 Å². The van der Waals surface area contributed by atoms with Gasteiger partial charge in [0, 0.05) is 24.1 Å². The maximum Gasteiger partial charge on any atom is 0.223 e. The summed E-state index contributed by atoms with van der Waals surface area (Å²) in [5.41, 5.74) is 5.43. The number of amides is 1. The van der Waals surface area contributed by atoms with E-state index in [0.29, 0.717) is 6.42 Å². The lowest BCUT2D eigenvalue weighted by atomic mass is 9.74. The van der Waals surface area contributed by atoms with Crippen LogP contribution < -0.4 is 10.2 Å². The standard InChI is InChI=1S/C23H26N2O/c1-16-9-10-20-19(15-16)22(3,4)23(24-21(26)12-14-25(20)23)13-11-18-8-6-5-7-17(18)2/h5-11,13,15H,12,14H2,1-4H3,(H,24,26)/b13-11+/t23-/m1/s1. The van der Waals surface area contributed by atoms with Crippen LogP contribution in [0, 0.1) is 13.8 Å². The van der Waals surface area contributed by atoms with E-state index in [1.165, 1.54) is 27.9 Å². The molecule has 1 atom stereocenters. The average molecular weight is 346 g/mol. The largest absolute Gasteiger partial charge is 0.344 e. The first-order valence-electron chi connectivity index (χ1n) is 9.30. The van der Waals surface area contributed by atoms with Crippen molar-refractivity contribution in [3.05, 3.63) is 70.8 Å². The fourth-order valence-corrected chi connectivity index (χ4v) is 4.45. The SMILES string of the molecule is Cc1ccc2c(c1)C(C)(C)[C@]1(/C=C/c3ccccc3C)NC(=O)CCN21. The van der Waals surface area contributed by atoms with Crippen molar-refractivity contribution >= 4 is 17.7 Å². The van der Waals surface area contributed by atoms with Gasteiger partial charge in [-0.15, -0.1) is 0 Å². The topological polar surface area (TPSA) is 32.3 Å². The maximum atomic E-state index is 12.4. The van der Waals surface area contributed by atoms with Crippen molar-refractivity contribution in [2.45, 2.75) is 45.2 Å². The minimum Gasteiger partial charge on any atom is -0.344 e. The zero-order chi connectivity index (χ0) is 18.5. The molecule has 26 heavy (non-hydrogen) atoms. The minimum absolute atomic E-state index is 0.119. The molecular weight excluding hydrogens is 320 g/mol. The van der Waals surface area contributed by atoms with E-state index in [4.69, 9.17) is 0 Å². The first-order valence-corrected chi connectivity index (χ1v) is 9.30. The third-order valence-electron chi connectivity index (χ3n) is 6.08. The van der Waals surface area contributed by atoms with Gasteiger partial charge in [0.05, 0.1) is 0 Å². The van der Waals surface area contributed by atoms with Gasteiger partial charge in [0.2, 0.25) is 5.91 Å². The number of fused-ring (bicyclic) bond motifs is 3. The summed E-state index contributed by atoms with van der Waals surface area (Å²) in [4.78, 5) is 14.8. The van der Waals surface area contributed by atoms with Crippen LogP contribution in [0.5, 0.6) is 0 Å². The summed E-state index contributed by atoms with van der Waals surface area (Å²) in [5, 5.41) is 3.34. The molecule has 0 radical (unpaired) electrons. The number of anilines is 1. The number of nitrogens with zero attached hydrogens (tertiary/aromatic N) is 1. The number of nitrogens with one attached hydrogen (secondary N) is 1. The molecule has 134 valence electrons. The van der Waals surface area contributed by atoms with Crippen LogP contribution in [0.1, 0.15) is 42.5 Å². The first-order chi connectivity index (χ1) is 12.3. The van der Waals surface area contributed by atoms with Crippen molar-refractivity contribution in [3.63, 3.8) is 0 Å². The number of rotatable bonds is 2. The molecule has 0 bridgehead atoms. The van der Waals surface area contributed by atoms with Crippen LogP contribution in [-0.2, 0) is 10.2 Å². The Morgan fingerprint density at radius 2 is 1.88 bits per heavy atom. The van der Waals surface area contributed by atoms with Gasteiger partial charge in [-0.25, -0.2) is 0 Å². The summed E-state index contributed by atoms with van der Waals surface area (Å²) >= 11 is 0. The predicted molar refractivity (Wildman–Crippen MR) is 107 cm³/mol. The molecule has 0 saturated carbocycles. The highest BCUT2D eigenvalue weighted by Crippen LogP contribution is 2.52. The van der Waals surface area contributed by atoms with Crippen molar-refractivity contribution < 1.29 is 4.79 Å². The average Bonchev–Trinajstić information content (AvgIpc) is 2.79. The van der Waals surface area contributed by atoms with Crippen LogP contribution in [0.2, 0.25) is 0 Å². The van der Waals surface area contributed by atoms with E-state index in [-0.39, 0.29) is 11.3 Å². The third kappa shape index (κ3) is 2.30. The molecular formula is C23H26N2O. The smallest absolute Gasteiger partial charge is 0.223 e. The lowest BCUT2D eigenvalue weighted by molar-refractivity contribution is -0.124. The second-order valence-electron chi connectivity index (χ2n) is 8.05. The Hall–Kier alpha value is -2.55. The number of hydrogen-bond acceptors (Lipinski definition) is 2. The summed E-state index contributed by atoms with van der Waals surface area (Å²) in [6.07, 6.45) is 4.89. The molecule has 1 amide bonds. The molecule has 3 nitrogen and oxygen atoms in total. The molecule has 0 aliphatic carbocycles. The molecule has 0 aromatic heterocycles. The van der Waals surface area contributed by atoms with Crippen LogP contribution in [0.15, 0.2) is 48.5 Å². The van der Waals surface area contributed by atoms with Gasteiger partial charge in [0.15, 0.2) is 0 Å². The van der Waals surface area contributed by atoms with Crippen LogP contribution in [-0.4, -0.2) is 18.1 Å².